The second-order valence-corrected chi connectivity index (χ2v) is 25.3. The van der Waals surface area contributed by atoms with Crippen molar-refractivity contribution in [3.05, 3.63) is 80.8 Å². The molecule has 14 nitrogen and oxygen atoms in total. The average Bonchev–Trinajstić information content (AvgIpc) is 3.78. The van der Waals surface area contributed by atoms with Crippen molar-refractivity contribution in [2.75, 3.05) is 58.9 Å². The number of carboxylic acids is 1. The first-order chi connectivity index (χ1) is 29.8. The van der Waals surface area contributed by atoms with Crippen LogP contribution in [0.2, 0.25) is 25.7 Å². The molecule has 0 spiro atoms. The molecule has 0 unspecified atom stereocenters. The predicted molar refractivity (Wildman–Crippen MR) is 251 cm³/mol. The lowest BCUT2D eigenvalue weighted by atomic mass is 10.2. The second kappa shape index (κ2) is 21.9. The Kier molecular flexibility index (Phi) is 17.0. The van der Waals surface area contributed by atoms with Crippen LogP contribution in [0.1, 0.15) is 60.1 Å². The molecule has 0 radical (unpaired) electrons. The number of fused-ring (bicyclic) bond motifs is 1. The normalized spacial score (nSPS) is 12.1. The average molecular weight is 919 g/mol. The van der Waals surface area contributed by atoms with Crippen molar-refractivity contribution in [3.63, 3.8) is 0 Å². The summed E-state index contributed by atoms with van der Waals surface area (Å²) in [5, 5.41) is 19.9. The van der Waals surface area contributed by atoms with E-state index < -0.39 is 31.6 Å². The molecule has 5 rings (SSSR count). The van der Waals surface area contributed by atoms with E-state index in [0.717, 1.165) is 39.6 Å². The Morgan fingerprint density at radius 1 is 1.00 bits per heavy atom. The number of benzene rings is 2. The molecular weight excluding hydrogens is 860 g/mol. The van der Waals surface area contributed by atoms with Crippen LogP contribution in [-0.4, -0.2) is 114 Å². The topological polar surface area (TPSA) is 148 Å². The van der Waals surface area contributed by atoms with Gasteiger partial charge in [0.05, 0.1) is 23.4 Å². The maximum atomic E-state index is 15.0. The molecule has 0 fully saturated rings. The molecule has 3 heterocycles. The van der Waals surface area contributed by atoms with E-state index in [1.807, 2.05) is 44.1 Å². The number of amides is 1. The summed E-state index contributed by atoms with van der Waals surface area (Å²) in [5.74, 6) is 5.06. The number of halogens is 1. The third kappa shape index (κ3) is 14.7. The number of hydrogen-bond donors (Lipinski definition) is 1. The SMILES string of the molecule is Cc1cc(N(CCCN(C)C)c2nc(C(=O)O)c(CCCOc3ccc(C#CCN(C)C(=O)OC(C)(C)C)cc3F)s2)nnc1N=c1sc2ccccc2n1COCC[Si](C)(C)C. The van der Waals surface area contributed by atoms with Gasteiger partial charge in [-0.3, -0.25) is 4.57 Å². The van der Waals surface area contributed by atoms with Crippen molar-refractivity contribution in [1.29, 1.82) is 0 Å². The quantitative estimate of drug-likeness (QED) is 0.0481. The van der Waals surface area contributed by atoms with Gasteiger partial charge >= 0.3 is 12.1 Å². The van der Waals surface area contributed by atoms with E-state index in [4.69, 9.17) is 19.2 Å². The highest BCUT2D eigenvalue weighted by Crippen LogP contribution is 2.33. The third-order valence-electron chi connectivity index (χ3n) is 9.33. The first kappa shape index (κ1) is 48.8. The summed E-state index contributed by atoms with van der Waals surface area (Å²) in [6.45, 7) is 16.9. The van der Waals surface area contributed by atoms with E-state index in [9.17, 15) is 19.1 Å². The largest absolute Gasteiger partial charge is 0.491 e. The summed E-state index contributed by atoms with van der Waals surface area (Å²) < 4.78 is 35.4. The first-order valence-corrected chi connectivity index (χ1v) is 26.2. The zero-order chi connectivity index (χ0) is 45.9. The number of anilines is 2. The fourth-order valence-corrected chi connectivity index (χ4v) is 8.89. The number of aromatic nitrogens is 4. The number of para-hydroxylation sites is 1. The number of nitrogens with zero attached hydrogens (tertiary/aromatic N) is 8. The molecule has 0 bridgehead atoms. The van der Waals surface area contributed by atoms with Crippen molar-refractivity contribution in [2.45, 2.75) is 85.0 Å². The van der Waals surface area contributed by atoms with E-state index in [2.05, 4.69) is 68.3 Å². The van der Waals surface area contributed by atoms with E-state index in [1.165, 1.54) is 28.4 Å². The van der Waals surface area contributed by atoms with Crippen molar-refractivity contribution in [3.8, 4) is 17.6 Å². The molecule has 1 amide bonds. The number of hydrogen-bond acceptors (Lipinski definition) is 13. The van der Waals surface area contributed by atoms with Crippen molar-refractivity contribution < 1.29 is 33.3 Å². The van der Waals surface area contributed by atoms with Gasteiger partial charge in [-0.15, -0.1) is 21.5 Å². The number of rotatable bonds is 19. The van der Waals surface area contributed by atoms with Gasteiger partial charge in [0.25, 0.3) is 0 Å². The lowest BCUT2D eigenvalue weighted by Gasteiger charge is -2.23. The summed E-state index contributed by atoms with van der Waals surface area (Å²) in [4.78, 5) is 40.9. The predicted octanol–water partition coefficient (Wildman–Crippen LogP) is 8.96. The van der Waals surface area contributed by atoms with Gasteiger partial charge < -0.3 is 34.0 Å². The van der Waals surface area contributed by atoms with Gasteiger partial charge in [0, 0.05) is 38.7 Å². The maximum absolute atomic E-state index is 15.0. The molecule has 5 aromatic rings. The number of aromatic carboxylic acids is 1. The molecular formula is C45H59FN8O6S2Si. The summed E-state index contributed by atoms with van der Waals surface area (Å²) in [5.41, 5.74) is 1.60. The van der Waals surface area contributed by atoms with Crippen LogP contribution in [0, 0.1) is 24.6 Å². The molecule has 3 aromatic heterocycles. The van der Waals surface area contributed by atoms with Gasteiger partial charge in [-0.25, -0.2) is 19.0 Å². The Morgan fingerprint density at radius 2 is 1.76 bits per heavy atom. The first-order valence-electron chi connectivity index (χ1n) is 20.8. The lowest BCUT2D eigenvalue weighted by Crippen LogP contribution is -2.34. The highest BCUT2D eigenvalue weighted by atomic mass is 32.1. The molecule has 0 atom stereocenters. The smallest absolute Gasteiger partial charge is 0.410 e. The molecule has 0 saturated heterocycles. The van der Waals surface area contributed by atoms with Gasteiger partial charge in [0.15, 0.2) is 38.8 Å². The standard InChI is InChI=1S/C45H59FN8O6S2Si/c1-31-28-38(49-50-40(31)48-43-54(30-58-26-27-63(8,9)10)34-17-11-12-18-36(34)61-43)53(24-15-22-51(5)6)42-47-39(41(55)56)37(62-42)19-14-25-59-35-21-20-32(29-33(35)46)16-13-23-52(7)44(57)60-45(2,3)4/h11-12,17-18,20-21,28-29H,14-15,19,22-27,30H2,1-10H3,(H,55,56). The van der Waals surface area contributed by atoms with Crippen LogP contribution in [0.15, 0.2) is 53.5 Å². The van der Waals surface area contributed by atoms with Crippen LogP contribution in [0.5, 0.6) is 5.75 Å². The van der Waals surface area contributed by atoms with Gasteiger partial charge in [-0.1, -0.05) is 55.0 Å². The number of ether oxygens (including phenoxy) is 3. The Hall–Kier alpha value is -5.19. The molecule has 0 aliphatic heterocycles. The van der Waals surface area contributed by atoms with Crippen LogP contribution in [-0.2, 0) is 22.6 Å². The van der Waals surface area contributed by atoms with E-state index in [-0.39, 0.29) is 24.6 Å². The van der Waals surface area contributed by atoms with Crippen LogP contribution < -0.4 is 14.4 Å². The summed E-state index contributed by atoms with van der Waals surface area (Å²) in [7, 11) is 4.33. The fourth-order valence-electron chi connectivity index (χ4n) is 5.98. The molecule has 0 saturated carbocycles. The molecule has 2 aromatic carbocycles. The Balaban J connectivity index is 1.30. The van der Waals surface area contributed by atoms with E-state index >= 15 is 0 Å². The van der Waals surface area contributed by atoms with Crippen molar-refractivity contribution in [2.24, 2.45) is 4.99 Å². The second-order valence-electron chi connectivity index (χ2n) is 17.6. The minimum absolute atomic E-state index is 0.0447. The Morgan fingerprint density at radius 3 is 2.44 bits per heavy atom. The van der Waals surface area contributed by atoms with Crippen molar-refractivity contribution in [1.82, 2.24) is 29.5 Å². The number of carbonyl (C=O) groups excluding carboxylic acids is 1. The minimum Gasteiger partial charge on any atom is -0.491 e. The molecule has 63 heavy (non-hydrogen) atoms. The monoisotopic (exact) mass is 918 g/mol. The van der Waals surface area contributed by atoms with Gasteiger partial charge in [-0.2, -0.15) is 4.99 Å². The van der Waals surface area contributed by atoms with Crippen LogP contribution in [0.4, 0.5) is 26.0 Å². The van der Waals surface area contributed by atoms with Gasteiger partial charge in [-0.05, 0) is 116 Å². The molecule has 0 aliphatic carbocycles. The maximum Gasteiger partial charge on any atom is 0.410 e. The summed E-state index contributed by atoms with van der Waals surface area (Å²) in [6.07, 6.45) is 1.02. The molecule has 18 heteroatoms. The Labute approximate surface area is 378 Å². The molecule has 0 aliphatic rings. The highest BCUT2D eigenvalue weighted by molar-refractivity contribution is 7.16. The van der Waals surface area contributed by atoms with Gasteiger partial charge in [0.1, 0.15) is 12.3 Å². The van der Waals surface area contributed by atoms with Crippen molar-refractivity contribution >= 4 is 69.8 Å². The number of aryl methyl sites for hydroxylation is 2. The summed E-state index contributed by atoms with van der Waals surface area (Å²) >= 11 is 2.85. The van der Waals surface area contributed by atoms with Crippen LogP contribution in [0.3, 0.4) is 0 Å². The minimum atomic E-state index is -1.25. The molecule has 1 N–H and O–H groups in total. The zero-order valence-electron chi connectivity index (χ0n) is 38.0. The van der Waals surface area contributed by atoms with Gasteiger partial charge in [0.2, 0.25) is 0 Å². The lowest BCUT2D eigenvalue weighted by molar-refractivity contribution is 0.0320. The number of thiazole rings is 2. The number of carbonyl (C=O) groups is 2. The fraction of sp³-hybridized carbons (Fsp3) is 0.467. The van der Waals surface area contributed by atoms with Crippen LogP contribution >= 0.6 is 22.7 Å². The zero-order valence-corrected chi connectivity index (χ0v) is 40.6. The highest BCUT2D eigenvalue weighted by Gasteiger charge is 2.24. The Bertz CT molecular complexity index is 2500. The van der Waals surface area contributed by atoms with Crippen LogP contribution in [0.25, 0.3) is 10.2 Å². The molecule has 338 valence electrons. The number of carboxylic acid groups (broad SMARTS) is 1. The third-order valence-corrected chi connectivity index (χ3v) is 13.2. The summed E-state index contributed by atoms with van der Waals surface area (Å²) in [6, 6.07) is 15.5. The van der Waals surface area contributed by atoms with E-state index in [1.54, 1.807) is 45.2 Å². The van der Waals surface area contributed by atoms with E-state index in [0.29, 0.717) is 59.9 Å².